The number of benzene rings is 1. The van der Waals surface area contributed by atoms with Gasteiger partial charge in [0.2, 0.25) is 10.0 Å². The summed E-state index contributed by atoms with van der Waals surface area (Å²) in [6, 6.07) is 3.13. The molecule has 0 aromatic heterocycles. The van der Waals surface area contributed by atoms with Gasteiger partial charge in [0.15, 0.2) is 0 Å². The van der Waals surface area contributed by atoms with E-state index in [9.17, 15) is 8.42 Å². The third kappa shape index (κ3) is 4.06. The maximum atomic E-state index is 12.8. The van der Waals surface area contributed by atoms with Crippen molar-refractivity contribution < 1.29 is 8.42 Å². The molecule has 0 aliphatic carbocycles. The molecule has 21 heavy (non-hydrogen) atoms. The lowest BCUT2D eigenvalue weighted by atomic mass is 10.2. The lowest BCUT2D eigenvalue weighted by molar-refractivity contribution is 0.435. The van der Waals surface area contributed by atoms with E-state index >= 15 is 0 Å². The van der Waals surface area contributed by atoms with Gasteiger partial charge in [0.1, 0.15) is 4.90 Å². The summed E-state index contributed by atoms with van der Waals surface area (Å²) in [6.45, 7) is 1.51. The number of rotatable bonds is 4. The van der Waals surface area contributed by atoms with Crippen LogP contribution < -0.4 is 5.32 Å². The van der Waals surface area contributed by atoms with Crippen molar-refractivity contribution in [1.82, 2.24) is 9.62 Å². The van der Waals surface area contributed by atoms with Crippen LogP contribution in [0.2, 0.25) is 10.0 Å². The molecule has 0 atom stereocenters. The number of thioether (sulfide) groups is 1. The number of nitrogens with one attached hydrogen (secondary N) is 1. The molecule has 0 saturated carbocycles. The van der Waals surface area contributed by atoms with Crippen molar-refractivity contribution in [2.24, 2.45) is 0 Å². The Hall–Kier alpha value is 0.0200. The van der Waals surface area contributed by atoms with E-state index < -0.39 is 10.0 Å². The minimum atomic E-state index is -3.60. The summed E-state index contributed by atoms with van der Waals surface area (Å²) in [5.74, 6) is 1.79. The highest BCUT2D eigenvalue weighted by atomic mass is 35.5. The van der Waals surface area contributed by atoms with Crippen molar-refractivity contribution in [3.05, 3.63) is 27.7 Å². The van der Waals surface area contributed by atoms with Gasteiger partial charge in [0.05, 0.1) is 5.02 Å². The maximum Gasteiger partial charge on any atom is 0.244 e. The summed E-state index contributed by atoms with van der Waals surface area (Å²) in [5.41, 5.74) is 0.689. The average Bonchev–Trinajstić information content (AvgIpc) is 2.72. The number of hydrogen-bond acceptors (Lipinski definition) is 4. The first kappa shape index (κ1) is 17.4. The van der Waals surface area contributed by atoms with Crippen molar-refractivity contribution in [2.45, 2.75) is 17.9 Å². The molecule has 1 saturated heterocycles. The number of hydrogen-bond donors (Lipinski definition) is 1. The molecule has 2 rings (SSSR count). The van der Waals surface area contributed by atoms with Gasteiger partial charge < -0.3 is 5.32 Å². The molecule has 1 aromatic rings. The topological polar surface area (TPSA) is 49.4 Å². The molecule has 1 N–H and O–H groups in total. The Balaban J connectivity index is 2.43. The molecule has 1 aliphatic heterocycles. The number of sulfonamides is 1. The zero-order valence-corrected chi connectivity index (χ0v) is 14.9. The summed E-state index contributed by atoms with van der Waals surface area (Å²) in [6.07, 6.45) is 0.853. The lowest BCUT2D eigenvalue weighted by Gasteiger charge is -2.21. The Morgan fingerprint density at radius 1 is 1.29 bits per heavy atom. The van der Waals surface area contributed by atoms with Gasteiger partial charge in [-0.25, -0.2) is 8.42 Å². The largest absolute Gasteiger partial charge is 0.316 e. The Kier molecular flexibility index (Phi) is 6.23. The number of nitrogens with zero attached hydrogens (tertiary/aromatic N) is 1. The summed E-state index contributed by atoms with van der Waals surface area (Å²) in [7, 11) is -1.83. The normalized spacial score (nSPS) is 17.7. The third-order valence-electron chi connectivity index (χ3n) is 3.25. The second kappa shape index (κ2) is 7.53. The molecule has 0 spiro atoms. The Bertz CT molecular complexity index is 600. The van der Waals surface area contributed by atoms with E-state index in [1.807, 2.05) is 0 Å². The van der Waals surface area contributed by atoms with Crippen LogP contribution in [-0.2, 0) is 16.6 Å². The van der Waals surface area contributed by atoms with Crippen molar-refractivity contribution in [3.63, 3.8) is 0 Å². The van der Waals surface area contributed by atoms with Gasteiger partial charge in [-0.2, -0.15) is 16.1 Å². The van der Waals surface area contributed by atoms with Crippen LogP contribution in [0.5, 0.6) is 0 Å². The zero-order chi connectivity index (χ0) is 15.5. The summed E-state index contributed by atoms with van der Waals surface area (Å²) >= 11 is 14.1. The lowest BCUT2D eigenvalue weighted by Crippen LogP contribution is -2.33. The average molecular weight is 369 g/mol. The molecule has 8 heteroatoms. The molecule has 4 nitrogen and oxygen atoms in total. The SMILES string of the molecule is CNCc1cc(Cl)cc(S(=O)(=O)N2CCCSCC2)c1Cl. The monoisotopic (exact) mass is 368 g/mol. The standard InChI is InChI=1S/C13H18Cl2N2O2S2/c1-16-9-10-7-11(14)8-12(13(10)15)21(18,19)17-3-2-5-20-6-4-17/h7-8,16H,2-6,9H2,1H3. The van der Waals surface area contributed by atoms with Crippen LogP contribution in [0, 0.1) is 0 Å². The molecule has 0 bridgehead atoms. The fourth-order valence-electron chi connectivity index (χ4n) is 2.23. The van der Waals surface area contributed by atoms with Crippen LogP contribution >= 0.6 is 35.0 Å². The smallest absolute Gasteiger partial charge is 0.244 e. The molecule has 0 radical (unpaired) electrons. The van der Waals surface area contributed by atoms with Crippen LogP contribution in [0.1, 0.15) is 12.0 Å². The van der Waals surface area contributed by atoms with Crippen molar-refractivity contribution >= 4 is 45.0 Å². The molecule has 1 aliphatic rings. The van der Waals surface area contributed by atoms with E-state index in [0.29, 0.717) is 30.2 Å². The Labute approximate surface area is 140 Å². The molecule has 1 heterocycles. The predicted octanol–water partition coefficient (Wildman–Crippen LogP) is 2.84. The molecule has 0 amide bonds. The first-order valence-corrected chi connectivity index (χ1v) is 10.0. The van der Waals surface area contributed by atoms with E-state index in [0.717, 1.165) is 17.9 Å². The maximum absolute atomic E-state index is 12.8. The van der Waals surface area contributed by atoms with Crippen molar-refractivity contribution in [3.8, 4) is 0 Å². The van der Waals surface area contributed by atoms with Crippen molar-refractivity contribution in [2.75, 3.05) is 31.6 Å². The molecule has 118 valence electrons. The van der Waals surface area contributed by atoms with Gasteiger partial charge in [-0.1, -0.05) is 23.2 Å². The summed E-state index contributed by atoms with van der Waals surface area (Å²) in [4.78, 5) is 0.105. The molecular weight excluding hydrogens is 351 g/mol. The predicted molar refractivity (Wildman–Crippen MR) is 89.9 cm³/mol. The highest BCUT2D eigenvalue weighted by Crippen LogP contribution is 2.32. The van der Waals surface area contributed by atoms with Crippen LogP contribution in [0.25, 0.3) is 0 Å². The molecule has 0 unspecified atom stereocenters. The quantitative estimate of drug-likeness (QED) is 0.887. The van der Waals surface area contributed by atoms with Gasteiger partial charge in [-0.15, -0.1) is 0 Å². The van der Waals surface area contributed by atoms with E-state index in [4.69, 9.17) is 23.2 Å². The van der Waals surface area contributed by atoms with Crippen LogP contribution in [0.3, 0.4) is 0 Å². The zero-order valence-electron chi connectivity index (χ0n) is 11.7. The van der Waals surface area contributed by atoms with Crippen LogP contribution in [0.4, 0.5) is 0 Å². The van der Waals surface area contributed by atoms with Gasteiger partial charge in [-0.3, -0.25) is 0 Å². The molecule has 1 aromatic carbocycles. The van der Waals surface area contributed by atoms with E-state index in [2.05, 4.69) is 5.32 Å². The van der Waals surface area contributed by atoms with Gasteiger partial charge in [-0.05, 0) is 36.9 Å². The van der Waals surface area contributed by atoms with Gasteiger partial charge in [0.25, 0.3) is 0 Å². The fraction of sp³-hybridized carbons (Fsp3) is 0.538. The number of halogens is 2. The van der Waals surface area contributed by atoms with E-state index in [1.165, 1.54) is 10.4 Å². The van der Waals surface area contributed by atoms with Gasteiger partial charge >= 0.3 is 0 Å². The second-order valence-corrected chi connectivity index (χ2v) is 8.72. The minimum absolute atomic E-state index is 0.105. The first-order valence-electron chi connectivity index (χ1n) is 6.67. The first-order chi connectivity index (χ1) is 9.96. The highest BCUT2D eigenvalue weighted by molar-refractivity contribution is 7.99. The second-order valence-electron chi connectivity index (χ2n) is 4.78. The van der Waals surface area contributed by atoms with E-state index in [1.54, 1.807) is 24.9 Å². The fourth-order valence-corrected chi connectivity index (χ4v) is 5.62. The third-order valence-corrected chi connectivity index (χ3v) is 6.99. The summed E-state index contributed by atoms with van der Waals surface area (Å²) in [5, 5.41) is 3.60. The molecule has 1 fully saturated rings. The Morgan fingerprint density at radius 3 is 2.76 bits per heavy atom. The summed E-state index contributed by atoms with van der Waals surface area (Å²) < 4.78 is 27.2. The van der Waals surface area contributed by atoms with Crippen LogP contribution in [-0.4, -0.2) is 44.4 Å². The highest BCUT2D eigenvalue weighted by Gasteiger charge is 2.28. The minimum Gasteiger partial charge on any atom is -0.316 e. The van der Waals surface area contributed by atoms with Crippen molar-refractivity contribution in [1.29, 1.82) is 0 Å². The van der Waals surface area contributed by atoms with E-state index in [-0.39, 0.29) is 9.92 Å². The van der Waals surface area contributed by atoms with Crippen LogP contribution in [0.15, 0.2) is 17.0 Å². The van der Waals surface area contributed by atoms with Gasteiger partial charge in [0, 0.05) is 30.4 Å². The Morgan fingerprint density at radius 2 is 2.05 bits per heavy atom. The molecular formula is C13H18Cl2N2O2S2.